The summed E-state index contributed by atoms with van der Waals surface area (Å²) < 4.78 is 3.33. The van der Waals surface area contributed by atoms with Crippen LogP contribution in [-0.2, 0) is 7.05 Å². The van der Waals surface area contributed by atoms with Crippen LogP contribution in [0.25, 0.3) is 16.8 Å². The van der Waals surface area contributed by atoms with Gasteiger partial charge in [-0.3, -0.25) is 4.68 Å². The smallest absolute Gasteiger partial charge is 0.165 e. The molecule has 4 rings (SSSR count). The molecule has 1 fully saturated rings. The van der Waals surface area contributed by atoms with Gasteiger partial charge in [0.15, 0.2) is 5.65 Å². The van der Waals surface area contributed by atoms with Crippen molar-refractivity contribution < 1.29 is 0 Å². The van der Waals surface area contributed by atoms with E-state index in [2.05, 4.69) is 20.7 Å². The molecule has 26 heavy (non-hydrogen) atoms. The van der Waals surface area contributed by atoms with Gasteiger partial charge in [-0.2, -0.15) is 19.6 Å². The minimum atomic E-state index is -0.574. The molecule has 0 bridgehead atoms. The SMILES string of the molecule is CC(N=O)c1c(C2CCCNC2)nc2c(-c3cnn(C)c3)cnn2c1N. The van der Waals surface area contributed by atoms with Gasteiger partial charge < -0.3 is 11.1 Å². The summed E-state index contributed by atoms with van der Waals surface area (Å²) in [6.45, 7) is 3.56. The molecule has 0 aliphatic carbocycles. The second-order valence-electron chi connectivity index (χ2n) is 6.82. The fourth-order valence-electron chi connectivity index (χ4n) is 3.69. The Morgan fingerprint density at radius 1 is 1.38 bits per heavy atom. The fraction of sp³-hybridized carbons (Fsp3) is 0.471. The van der Waals surface area contributed by atoms with Crippen molar-refractivity contribution in [3.8, 4) is 11.1 Å². The summed E-state index contributed by atoms with van der Waals surface area (Å²) in [5.41, 5.74) is 10.4. The highest BCUT2D eigenvalue weighted by atomic mass is 16.3. The molecule has 2 atom stereocenters. The predicted octanol–water partition coefficient (Wildman–Crippen LogP) is 2.01. The molecule has 0 amide bonds. The molecule has 0 saturated carbocycles. The third kappa shape index (κ3) is 2.64. The van der Waals surface area contributed by atoms with Crippen LogP contribution in [0.4, 0.5) is 5.82 Å². The van der Waals surface area contributed by atoms with E-state index in [0.29, 0.717) is 17.0 Å². The van der Waals surface area contributed by atoms with Crippen molar-refractivity contribution in [2.24, 2.45) is 12.2 Å². The van der Waals surface area contributed by atoms with Crippen molar-refractivity contribution in [3.05, 3.63) is 34.8 Å². The summed E-state index contributed by atoms with van der Waals surface area (Å²) in [5.74, 6) is 0.629. The zero-order chi connectivity index (χ0) is 18.3. The highest BCUT2D eigenvalue weighted by molar-refractivity contribution is 5.78. The minimum Gasteiger partial charge on any atom is -0.383 e. The van der Waals surface area contributed by atoms with Gasteiger partial charge in [-0.15, -0.1) is 0 Å². The number of nitrogens with one attached hydrogen (secondary N) is 1. The van der Waals surface area contributed by atoms with Gasteiger partial charge in [-0.1, -0.05) is 5.18 Å². The first-order valence-electron chi connectivity index (χ1n) is 8.79. The number of aromatic nitrogens is 5. The van der Waals surface area contributed by atoms with Crippen molar-refractivity contribution in [2.45, 2.75) is 31.7 Å². The molecule has 3 aromatic heterocycles. The van der Waals surface area contributed by atoms with Crippen molar-refractivity contribution in [2.75, 3.05) is 18.8 Å². The molecule has 136 valence electrons. The van der Waals surface area contributed by atoms with E-state index in [1.165, 1.54) is 0 Å². The first kappa shape index (κ1) is 16.6. The maximum Gasteiger partial charge on any atom is 0.165 e. The Morgan fingerprint density at radius 3 is 2.88 bits per heavy atom. The lowest BCUT2D eigenvalue weighted by atomic mass is 9.90. The zero-order valence-electron chi connectivity index (χ0n) is 14.9. The molecule has 9 heteroatoms. The number of anilines is 1. The Labute approximate surface area is 150 Å². The predicted molar refractivity (Wildman–Crippen MR) is 98.7 cm³/mol. The average molecular weight is 354 g/mol. The summed E-state index contributed by atoms with van der Waals surface area (Å²) in [6.07, 6.45) is 7.50. The third-order valence-corrected chi connectivity index (χ3v) is 5.03. The van der Waals surface area contributed by atoms with Crippen molar-refractivity contribution in [1.29, 1.82) is 0 Å². The first-order chi connectivity index (χ1) is 12.6. The summed E-state index contributed by atoms with van der Waals surface area (Å²) in [5, 5.41) is 15.2. The zero-order valence-corrected chi connectivity index (χ0v) is 14.9. The Balaban J connectivity index is 1.95. The number of fused-ring (bicyclic) bond motifs is 1. The number of nitrogens with zero attached hydrogens (tertiary/aromatic N) is 6. The van der Waals surface area contributed by atoms with E-state index < -0.39 is 6.04 Å². The van der Waals surface area contributed by atoms with Gasteiger partial charge in [0.1, 0.15) is 11.9 Å². The second-order valence-corrected chi connectivity index (χ2v) is 6.82. The van der Waals surface area contributed by atoms with Crippen LogP contribution >= 0.6 is 0 Å². The number of piperidine rings is 1. The van der Waals surface area contributed by atoms with Gasteiger partial charge in [0, 0.05) is 42.4 Å². The van der Waals surface area contributed by atoms with E-state index in [4.69, 9.17) is 10.7 Å². The van der Waals surface area contributed by atoms with Gasteiger partial charge in [0.25, 0.3) is 0 Å². The molecule has 0 spiro atoms. The third-order valence-electron chi connectivity index (χ3n) is 5.03. The number of nitrogens with two attached hydrogens (primary N) is 1. The Kier molecular flexibility index (Phi) is 4.15. The lowest BCUT2D eigenvalue weighted by molar-refractivity contribution is 0.450. The van der Waals surface area contributed by atoms with E-state index in [9.17, 15) is 4.91 Å². The lowest BCUT2D eigenvalue weighted by Crippen LogP contribution is -2.30. The summed E-state index contributed by atoms with van der Waals surface area (Å²) in [7, 11) is 1.87. The Bertz CT molecular complexity index is 953. The normalized spacial score (nSPS) is 18.9. The van der Waals surface area contributed by atoms with Gasteiger partial charge in [0.2, 0.25) is 0 Å². The summed E-state index contributed by atoms with van der Waals surface area (Å²) in [4.78, 5) is 16.2. The monoisotopic (exact) mass is 354 g/mol. The molecular formula is C17H22N8O. The maximum absolute atomic E-state index is 11.3. The number of rotatable bonds is 4. The molecule has 0 radical (unpaired) electrons. The van der Waals surface area contributed by atoms with Crippen LogP contribution < -0.4 is 11.1 Å². The van der Waals surface area contributed by atoms with Crippen LogP contribution in [-0.4, -0.2) is 37.5 Å². The first-order valence-corrected chi connectivity index (χ1v) is 8.79. The van der Waals surface area contributed by atoms with Gasteiger partial charge in [-0.05, 0) is 26.3 Å². The van der Waals surface area contributed by atoms with Gasteiger partial charge in [0.05, 0.1) is 18.1 Å². The molecule has 3 aromatic rings. The van der Waals surface area contributed by atoms with E-state index in [1.807, 2.05) is 13.2 Å². The molecular weight excluding hydrogens is 332 g/mol. The Hall–Kier alpha value is -2.81. The Morgan fingerprint density at radius 2 is 2.23 bits per heavy atom. The number of hydrogen-bond acceptors (Lipinski definition) is 7. The van der Waals surface area contributed by atoms with Crippen LogP contribution in [0.5, 0.6) is 0 Å². The lowest BCUT2D eigenvalue weighted by Gasteiger charge is -2.26. The van der Waals surface area contributed by atoms with Crippen LogP contribution in [0, 0.1) is 4.91 Å². The quantitative estimate of drug-likeness (QED) is 0.692. The molecule has 1 saturated heterocycles. The number of hydrogen-bond donors (Lipinski definition) is 2. The standard InChI is InChI=1S/C17H22N8O/c1-10(23-26)14-15(11-4-3-5-19-6-11)22-17-13(8-21-25(17)16(14)18)12-7-20-24(2)9-12/h7-11,19H,3-6,18H2,1-2H3. The van der Waals surface area contributed by atoms with Crippen molar-refractivity contribution in [1.82, 2.24) is 29.7 Å². The number of nitroso groups, excluding NO2 is 1. The fourth-order valence-corrected chi connectivity index (χ4v) is 3.69. The molecule has 0 aromatic carbocycles. The molecule has 2 unspecified atom stereocenters. The number of nitrogen functional groups attached to an aromatic ring is 1. The van der Waals surface area contributed by atoms with Crippen LogP contribution in [0.1, 0.15) is 43.0 Å². The molecule has 1 aliphatic rings. The molecule has 4 heterocycles. The minimum absolute atomic E-state index is 0.201. The maximum atomic E-state index is 11.3. The highest BCUT2D eigenvalue weighted by Crippen LogP contribution is 2.36. The van der Waals surface area contributed by atoms with Crippen molar-refractivity contribution >= 4 is 11.5 Å². The average Bonchev–Trinajstić information content (AvgIpc) is 3.27. The van der Waals surface area contributed by atoms with Gasteiger partial charge in [-0.25, -0.2) is 4.98 Å². The number of aryl methyl sites for hydroxylation is 1. The summed E-state index contributed by atoms with van der Waals surface area (Å²) >= 11 is 0. The topological polar surface area (TPSA) is 115 Å². The van der Waals surface area contributed by atoms with Crippen LogP contribution in [0.2, 0.25) is 0 Å². The van der Waals surface area contributed by atoms with Gasteiger partial charge >= 0.3 is 0 Å². The van der Waals surface area contributed by atoms with Crippen LogP contribution in [0.15, 0.2) is 23.8 Å². The van der Waals surface area contributed by atoms with Crippen LogP contribution in [0.3, 0.4) is 0 Å². The molecule has 9 nitrogen and oxygen atoms in total. The largest absolute Gasteiger partial charge is 0.383 e. The summed E-state index contributed by atoms with van der Waals surface area (Å²) in [6, 6.07) is -0.574. The molecule has 1 aliphatic heterocycles. The van der Waals surface area contributed by atoms with E-state index in [1.54, 1.807) is 28.5 Å². The highest BCUT2D eigenvalue weighted by Gasteiger charge is 2.28. The second kappa shape index (κ2) is 6.49. The van der Waals surface area contributed by atoms with E-state index in [-0.39, 0.29) is 5.92 Å². The van der Waals surface area contributed by atoms with E-state index >= 15 is 0 Å². The van der Waals surface area contributed by atoms with Crippen molar-refractivity contribution in [3.63, 3.8) is 0 Å². The van der Waals surface area contributed by atoms with E-state index in [0.717, 1.165) is 42.8 Å². The molecule has 3 N–H and O–H groups in total.